The molecule has 1 aliphatic rings. The lowest BCUT2D eigenvalue weighted by molar-refractivity contribution is -0.143. The van der Waals surface area contributed by atoms with E-state index in [1.165, 1.54) is 44.9 Å². The summed E-state index contributed by atoms with van der Waals surface area (Å²) in [6.45, 7) is 2.22. The van der Waals surface area contributed by atoms with Gasteiger partial charge in [-0.1, -0.05) is 82.6 Å². The van der Waals surface area contributed by atoms with E-state index in [0.29, 0.717) is 12.0 Å². The van der Waals surface area contributed by atoms with E-state index in [9.17, 15) is 9.59 Å². The van der Waals surface area contributed by atoms with Gasteiger partial charge in [0.2, 0.25) is 0 Å². The number of benzene rings is 2. The minimum Gasteiger partial charge on any atom is -0.444 e. The summed E-state index contributed by atoms with van der Waals surface area (Å²) in [4.78, 5) is 26.3. The lowest BCUT2D eigenvalue weighted by Gasteiger charge is -2.17. The van der Waals surface area contributed by atoms with Crippen LogP contribution >= 0.6 is 0 Å². The molecule has 0 aliphatic carbocycles. The molecule has 2 aromatic rings. The van der Waals surface area contributed by atoms with Gasteiger partial charge in [-0.25, -0.2) is 0 Å². The first kappa shape index (κ1) is 20.4. The number of rotatable bonds is 12. The van der Waals surface area contributed by atoms with Gasteiger partial charge < -0.3 is 4.74 Å². The molecule has 0 saturated carbocycles. The fourth-order valence-electron chi connectivity index (χ4n) is 3.90. The quantitative estimate of drug-likeness (QED) is 0.324. The van der Waals surface area contributed by atoms with Crippen molar-refractivity contribution in [2.24, 2.45) is 0 Å². The summed E-state index contributed by atoms with van der Waals surface area (Å²) in [6.07, 6.45) is 11.4. The standard InChI is InChI=1S/C24H31NO3/c1-2-3-4-5-6-7-8-9-10-17-22(26)28-18-25-21-16-12-14-19-13-11-15-20(23(19)21)24(25)27/h11-16H,2-10,17-18H2,1H3. The minimum atomic E-state index is -0.223. The van der Waals surface area contributed by atoms with Gasteiger partial charge in [-0.15, -0.1) is 0 Å². The molecule has 0 radical (unpaired) electrons. The molecular formula is C24H31NO3. The predicted molar refractivity (Wildman–Crippen MR) is 114 cm³/mol. The largest absolute Gasteiger partial charge is 0.444 e. The third-order valence-electron chi connectivity index (χ3n) is 5.49. The molecule has 1 heterocycles. The highest BCUT2D eigenvalue weighted by atomic mass is 16.5. The molecule has 0 bridgehead atoms. The Balaban J connectivity index is 1.37. The van der Waals surface area contributed by atoms with E-state index in [1.54, 1.807) is 4.90 Å². The van der Waals surface area contributed by atoms with Crippen LogP contribution in [0, 0.1) is 0 Å². The van der Waals surface area contributed by atoms with Crippen LogP contribution in [0.25, 0.3) is 10.8 Å². The van der Waals surface area contributed by atoms with Gasteiger partial charge in [0.25, 0.3) is 5.91 Å². The van der Waals surface area contributed by atoms with Crippen LogP contribution in [0.2, 0.25) is 0 Å². The molecule has 0 fully saturated rings. The van der Waals surface area contributed by atoms with Gasteiger partial charge in [0, 0.05) is 17.4 Å². The number of unbranched alkanes of at least 4 members (excludes halogenated alkanes) is 8. The highest BCUT2D eigenvalue weighted by Crippen LogP contribution is 2.36. The Labute approximate surface area is 167 Å². The van der Waals surface area contributed by atoms with E-state index in [0.717, 1.165) is 29.3 Å². The van der Waals surface area contributed by atoms with E-state index in [4.69, 9.17) is 4.74 Å². The second-order valence-electron chi connectivity index (χ2n) is 7.64. The van der Waals surface area contributed by atoms with E-state index < -0.39 is 0 Å². The summed E-state index contributed by atoms with van der Waals surface area (Å²) < 4.78 is 5.40. The molecule has 3 rings (SSSR count). The molecule has 0 spiro atoms. The van der Waals surface area contributed by atoms with Crippen molar-refractivity contribution in [1.82, 2.24) is 0 Å². The van der Waals surface area contributed by atoms with Gasteiger partial charge in [-0.05, 0) is 23.9 Å². The number of nitrogens with zero attached hydrogens (tertiary/aromatic N) is 1. The molecule has 2 aromatic carbocycles. The Hall–Kier alpha value is -2.36. The summed E-state index contributed by atoms with van der Waals surface area (Å²) in [5, 5.41) is 1.98. The molecule has 0 aromatic heterocycles. The Bertz CT molecular complexity index is 809. The maximum atomic E-state index is 12.7. The van der Waals surface area contributed by atoms with Crippen molar-refractivity contribution in [3.8, 4) is 0 Å². The smallest absolute Gasteiger partial charge is 0.307 e. The number of esters is 1. The number of amides is 1. The first-order valence-corrected chi connectivity index (χ1v) is 10.7. The van der Waals surface area contributed by atoms with E-state index in [-0.39, 0.29) is 18.6 Å². The van der Waals surface area contributed by atoms with Crippen molar-refractivity contribution in [2.75, 3.05) is 11.6 Å². The summed E-state index contributed by atoms with van der Waals surface area (Å²) in [5.74, 6) is -0.318. The van der Waals surface area contributed by atoms with Gasteiger partial charge in [0.05, 0.1) is 5.69 Å². The van der Waals surface area contributed by atoms with Crippen molar-refractivity contribution in [1.29, 1.82) is 0 Å². The number of carbonyl (C=O) groups excluding carboxylic acids is 2. The first-order chi connectivity index (χ1) is 13.7. The van der Waals surface area contributed by atoms with Crippen molar-refractivity contribution < 1.29 is 14.3 Å². The van der Waals surface area contributed by atoms with Crippen LogP contribution < -0.4 is 4.90 Å². The molecule has 4 nitrogen and oxygen atoms in total. The topological polar surface area (TPSA) is 46.6 Å². The van der Waals surface area contributed by atoms with Crippen LogP contribution in [-0.2, 0) is 9.53 Å². The third kappa shape index (κ3) is 4.92. The van der Waals surface area contributed by atoms with Gasteiger partial charge in [0.1, 0.15) is 0 Å². The maximum Gasteiger partial charge on any atom is 0.307 e. The number of anilines is 1. The zero-order valence-corrected chi connectivity index (χ0v) is 16.9. The zero-order valence-electron chi connectivity index (χ0n) is 16.9. The van der Waals surface area contributed by atoms with Crippen LogP contribution in [0.15, 0.2) is 36.4 Å². The molecule has 4 heteroatoms. The molecule has 0 saturated heterocycles. The van der Waals surface area contributed by atoms with Crippen molar-refractivity contribution >= 4 is 28.3 Å². The maximum absolute atomic E-state index is 12.7. The van der Waals surface area contributed by atoms with Gasteiger partial charge in [-0.3, -0.25) is 14.5 Å². The number of ether oxygens (including phenoxy) is 1. The number of carbonyl (C=O) groups is 2. The van der Waals surface area contributed by atoms with Gasteiger partial charge in [0.15, 0.2) is 6.73 Å². The second kappa shape index (κ2) is 10.3. The van der Waals surface area contributed by atoms with E-state index in [1.807, 2.05) is 36.4 Å². The third-order valence-corrected chi connectivity index (χ3v) is 5.49. The Morgan fingerprint density at radius 3 is 2.25 bits per heavy atom. The van der Waals surface area contributed by atoms with E-state index in [2.05, 4.69) is 6.92 Å². The summed E-state index contributed by atoms with van der Waals surface area (Å²) >= 11 is 0. The molecule has 0 unspecified atom stereocenters. The molecule has 1 amide bonds. The molecule has 1 aliphatic heterocycles. The van der Waals surface area contributed by atoms with Crippen LogP contribution in [0.5, 0.6) is 0 Å². The predicted octanol–water partition coefficient (Wildman–Crippen LogP) is 6.22. The first-order valence-electron chi connectivity index (χ1n) is 10.7. The molecule has 28 heavy (non-hydrogen) atoms. The van der Waals surface area contributed by atoms with Crippen molar-refractivity contribution in [3.05, 3.63) is 42.0 Å². The lowest BCUT2D eigenvalue weighted by Crippen LogP contribution is -2.30. The minimum absolute atomic E-state index is 0.0110. The van der Waals surface area contributed by atoms with E-state index >= 15 is 0 Å². The normalized spacial score (nSPS) is 12.8. The molecule has 0 N–H and O–H groups in total. The zero-order chi connectivity index (χ0) is 19.8. The molecule has 0 atom stereocenters. The average molecular weight is 382 g/mol. The Morgan fingerprint density at radius 1 is 0.893 bits per heavy atom. The van der Waals surface area contributed by atoms with Crippen molar-refractivity contribution in [2.45, 2.75) is 71.1 Å². The fourth-order valence-corrected chi connectivity index (χ4v) is 3.90. The monoisotopic (exact) mass is 381 g/mol. The SMILES string of the molecule is CCCCCCCCCCCC(=O)OCN1C(=O)c2cccc3cccc1c23. The number of hydrogen-bond donors (Lipinski definition) is 0. The van der Waals surface area contributed by atoms with Crippen LogP contribution in [0.4, 0.5) is 5.69 Å². The second-order valence-corrected chi connectivity index (χ2v) is 7.64. The highest BCUT2D eigenvalue weighted by Gasteiger charge is 2.30. The summed E-state index contributed by atoms with van der Waals surface area (Å²) in [5.41, 5.74) is 1.51. The average Bonchev–Trinajstić information content (AvgIpc) is 2.99. The Kier molecular flexibility index (Phi) is 7.46. The van der Waals surface area contributed by atoms with Crippen LogP contribution in [0.1, 0.15) is 81.5 Å². The molecule has 150 valence electrons. The Morgan fingerprint density at radius 2 is 1.54 bits per heavy atom. The summed E-state index contributed by atoms with van der Waals surface area (Å²) in [7, 11) is 0. The lowest BCUT2D eigenvalue weighted by atomic mass is 10.1. The van der Waals surface area contributed by atoms with Crippen LogP contribution in [-0.4, -0.2) is 18.6 Å². The summed E-state index contributed by atoms with van der Waals surface area (Å²) in [6, 6.07) is 11.5. The fraction of sp³-hybridized carbons (Fsp3) is 0.500. The highest BCUT2D eigenvalue weighted by molar-refractivity contribution is 6.24. The van der Waals surface area contributed by atoms with Gasteiger partial charge in [-0.2, -0.15) is 0 Å². The van der Waals surface area contributed by atoms with Crippen molar-refractivity contribution in [3.63, 3.8) is 0 Å². The van der Waals surface area contributed by atoms with Crippen LogP contribution in [0.3, 0.4) is 0 Å². The number of hydrogen-bond acceptors (Lipinski definition) is 3. The molecular weight excluding hydrogens is 350 g/mol. The van der Waals surface area contributed by atoms with Gasteiger partial charge >= 0.3 is 5.97 Å².